The van der Waals surface area contributed by atoms with Crippen LogP contribution in [0.1, 0.15) is 26.3 Å². The molecule has 24 heavy (non-hydrogen) atoms. The number of amides is 1. The first kappa shape index (κ1) is 17.8. The third-order valence-corrected chi connectivity index (χ3v) is 3.32. The molecule has 1 N–H and O–H groups in total. The number of ether oxygens (including phenoxy) is 3. The quantitative estimate of drug-likeness (QED) is 0.638. The first-order valence-electron chi connectivity index (χ1n) is 8.01. The second-order valence-electron chi connectivity index (χ2n) is 5.95. The second kappa shape index (κ2) is 8.38. The van der Waals surface area contributed by atoms with Crippen LogP contribution in [0.15, 0.2) is 24.3 Å². The molecule has 1 amide bonds. The minimum absolute atomic E-state index is 0.301. The van der Waals surface area contributed by atoms with E-state index in [-0.39, 0.29) is 5.91 Å². The fourth-order valence-electron chi connectivity index (χ4n) is 2.04. The molecule has 1 aliphatic rings. The smallest absolute Gasteiger partial charge is 0.331 e. The minimum Gasteiger partial charge on any atom is -0.486 e. The second-order valence-corrected chi connectivity index (χ2v) is 5.95. The van der Waals surface area contributed by atoms with Crippen molar-refractivity contribution in [1.29, 1.82) is 0 Å². The Morgan fingerprint density at radius 1 is 1.21 bits per heavy atom. The number of benzene rings is 1. The van der Waals surface area contributed by atoms with Gasteiger partial charge in [0.1, 0.15) is 13.2 Å². The van der Waals surface area contributed by atoms with Gasteiger partial charge in [0.25, 0.3) is 5.91 Å². The molecule has 0 unspecified atom stereocenters. The topological polar surface area (TPSA) is 73.9 Å². The van der Waals surface area contributed by atoms with E-state index in [1.165, 1.54) is 6.08 Å². The van der Waals surface area contributed by atoms with Gasteiger partial charge < -0.3 is 19.5 Å². The van der Waals surface area contributed by atoms with Gasteiger partial charge in [-0.1, -0.05) is 19.9 Å². The molecular weight excluding hydrogens is 310 g/mol. The Morgan fingerprint density at radius 2 is 1.92 bits per heavy atom. The molecule has 0 saturated carbocycles. The van der Waals surface area contributed by atoms with Crippen LogP contribution < -0.4 is 14.8 Å². The van der Waals surface area contributed by atoms with Crippen molar-refractivity contribution in [3.8, 4) is 11.5 Å². The van der Waals surface area contributed by atoms with E-state index in [1.807, 2.05) is 19.9 Å². The standard InChI is InChI=1S/C18H23NO5/c1-12(2)11-19-18(21)13(3)24-17(20)7-5-14-4-6-15-16(10-14)23-9-8-22-15/h4-7,10,12-13H,8-9,11H2,1-3H3,(H,19,21)/b7-5+/t13-/m1/s1. The van der Waals surface area contributed by atoms with E-state index in [9.17, 15) is 9.59 Å². The molecule has 1 heterocycles. The Hall–Kier alpha value is -2.50. The molecule has 1 aliphatic heterocycles. The zero-order chi connectivity index (χ0) is 17.5. The zero-order valence-corrected chi connectivity index (χ0v) is 14.2. The SMILES string of the molecule is CC(C)CNC(=O)[C@@H](C)OC(=O)/C=C/c1ccc2c(c1)OCCO2. The first-order chi connectivity index (χ1) is 11.5. The molecule has 6 nitrogen and oxygen atoms in total. The molecule has 0 spiro atoms. The van der Waals surface area contributed by atoms with Crippen LogP contribution in [-0.4, -0.2) is 37.7 Å². The van der Waals surface area contributed by atoms with E-state index >= 15 is 0 Å². The highest BCUT2D eigenvalue weighted by atomic mass is 16.6. The lowest BCUT2D eigenvalue weighted by Gasteiger charge is -2.18. The van der Waals surface area contributed by atoms with E-state index in [0.717, 1.165) is 5.56 Å². The number of nitrogens with one attached hydrogen (secondary N) is 1. The monoisotopic (exact) mass is 333 g/mol. The van der Waals surface area contributed by atoms with Gasteiger partial charge in [0.2, 0.25) is 0 Å². The molecule has 1 aromatic rings. The van der Waals surface area contributed by atoms with Gasteiger partial charge in [-0.3, -0.25) is 4.79 Å². The first-order valence-corrected chi connectivity index (χ1v) is 8.01. The van der Waals surface area contributed by atoms with E-state index < -0.39 is 12.1 Å². The predicted molar refractivity (Wildman–Crippen MR) is 89.9 cm³/mol. The molecule has 130 valence electrons. The summed E-state index contributed by atoms with van der Waals surface area (Å²) in [5, 5.41) is 2.72. The van der Waals surface area contributed by atoms with Crippen molar-refractivity contribution in [1.82, 2.24) is 5.32 Å². The van der Waals surface area contributed by atoms with Gasteiger partial charge in [0, 0.05) is 12.6 Å². The fourth-order valence-corrected chi connectivity index (χ4v) is 2.04. The summed E-state index contributed by atoms with van der Waals surface area (Å²) in [6, 6.07) is 5.40. The van der Waals surface area contributed by atoms with Crippen molar-refractivity contribution in [3.63, 3.8) is 0 Å². The van der Waals surface area contributed by atoms with Crippen molar-refractivity contribution in [2.75, 3.05) is 19.8 Å². The summed E-state index contributed by atoms with van der Waals surface area (Å²) in [4.78, 5) is 23.6. The Balaban J connectivity index is 1.87. The van der Waals surface area contributed by atoms with E-state index in [1.54, 1.807) is 25.1 Å². The van der Waals surface area contributed by atoms with Gasteiger partial charge in [-0.05, 0) is 36.6 Å². The van der Waals surface area contributed by atoms with Crippen molar-refractivity contribution in [2.24, 2.45) is 5.92 Å². The average Bonchev–Trinajstić information content (AvgIpc) is 2.57. The summed E-state index contributed by atoms with van der Waals surface area (Å²) in [6.07, 6.45) is 2.07. The maximum absolute atomic E-state index is 11.8. The molecule has 1 aromatic carbocycles. The molecular formula is C18H23NO5. The molecule has 0 bridgehead atoms. The highest BCUT2D eigenvalue weighted by Crippen LogP contribution is 2.31. The van der Waals surface area contributed by atoms with E-state index in [2.05, 4.69) is 5.32 Å². The van der Waals surface area contributed by atoms with E-state index in [0.29, 0.717) is 37.2 Å². The van der Waals surface area contributed by atoms with Crippen molar-refractivity contribution in [2.45, 2.75) is 26.9 Å². The summed E-state index contributed by atoms with van der Waals surface area (Å²) in [7, 11) is 0. The van der Waals surface area contributed by atoms with Gasteiger partial charge in [0.15, 0.2) is 17.6 Å². The van der Waals surface area contributed by atoms with Crippen LogP contribution in [0.5, 0.6) is 11.5 Å². The maximum atomic E-state index is 11.8. The molecule has 0 fully saturated rings. The van der Waals surface area contributed by atoms with Crippen LogP contribution in [0.3, 0.4) is 0 Å². The Kier molecular flexibility index (Phi) is 6.23. The van der Waals surface area contributed by atoms with Crippen LogP contribution in [0.25, 0.3) is 6.08 Å². The highest BCUT2D eigenvalue weighted by molar-refractivity contribution is 5.90. The Morgan fingerprint density at radius 3 is 2.62 bits per heavy atom. The van der Waals surface area contributed by atoms with Gasteiger partial charge in [0.05, 0.1) is 0 Å². The minimum atomic E-state index is -0.832. The number of hydrogen-bond donors (Lipinski definition) is 1. The van der Waals surface area contributed by atoms with Crippen LogP contribution in [0, 0.1) is 5.92 Å². The van der Waals surface area contributed by atoms with Crippen molar-refractivity contribution in [3.05, 3.63) is 29.8 Å². The lowest BCUT2D eigenvalue weighted by Crippen LogP contribution is -2.37. The Bertz CT molecular complexity index is 624. The van der Waals surface area contributed by atoms with Crippen LogP contribution in [0.4, 0.5) is 0 Å². The fraction of sp³-hybridized carbons (Fsp3) is 0.444. The molecule has 0 aromatic heterocycles. The predicted octanol–water partition coefficient (Wildman–Crippen LogP) is 2.17. The van der Waals surface area contributed by atoms with Crippen molar-refractivity contribution < 1.29 is 23.8 Å². The summed E-state index contributed by atoms with van der Waals surface area (Å²) in [5.41, 5.74) is 0.785. The molecule has 1 atom stereocenters. The van der Waals surface area contributed by atoms with Crippen LogP contribution in [-0.2, 0) is 14.3 Å². The normalized spacial score (nSPS) is 14.5. The Labute approximate surface area is 141 Å². The summed E-state index contributed by atoms with van der Waals surface area (Å²) >= 11 is 0. The molecule has 0 aliphatic carbocycles. The molecule has 0 saturated heterocycles. The lowest BCUT2D eigenvalue weighted by molar-refractivity contribution is -0.150. The number of rotatable bonds is 6. The number of hydrogen-bond acceptors (Lipinski definition) is 5. The number of esters is 1. The van der Waals surface area contributed by atoms with Gasteiger partial charge in [-0.15, -0.1) is 0 Å². The third kappa shape index (κ3) is 5.30. The van der Waals surface area contributed by atoms with Crippen LogP contribution in [0.2, 0.25) is 0 Å². The molecule has 6 heteroatoms. The molecule has 2 rings (SSSR count). The molecule has 0 radical (unpaired) electrons. The van der Waals surface area contributed by atoms with E-state index in [4.69, 9.17) is 14.2 Å². The van der Waals surface area contributed by atoms with Gasteiger partial charge >= 0.3 is 5.97 Å². The summed E-state index contributed by atoms with van der Waals surface area (Å²) in [5.74, 6) is 0.809. The summed E-state index contributed by atoms with van der Waals surface area (Å²) < 4.78 is 16.0. The van der Waals surface area contributed by atoms with Gasteiger partial charge in [-0.25, -0.2) is 4.79 Å². The van der Waals surface area contributed by atoms with Gasteiger partial charge in [-0.2, -0.15) is 0 Å². The number of carbonyl (C=O) groups excluding carboxylic acids is 2. The largest absolute Gasteiger partial charge is 0.486 e. The lowest BCUT2D eigenvalue weighted by atomic mass is 10.2. The van der Waals surface area contributed by atoms with Crippen molar-refractivity contribution >= 4 is 18.0 Å². The zero-order valence-electron chi connectivity index (χ0n) is 14.2. The van der Waals surface area contributed by atoms with Crippen LogP contribution >= 0.6 is 0 Å². The number of fused-ring (bicyclic) bond motifs is 1. The highest BCUT2D eigenvalue weighted by Gasteiger charge is 2.16. The third-order valence-electron chi connectivity index (χ3n) is 3.32. The maximum Gasteiger partial charge on any atom is 0.331 e. The number of carbonyl (C=O) groups is 2. The average molecular weight is 333 g/mol. The summed E-state index contributed by atoms with van der Waals surface area (Å²) in [6.45, 7) is 7.12.